The number of aromatic nitrogens is 2. The normalized spacial score (nSPS) is 16.9. The maximum absolute atomic E-state index is 12.8. The molecule has 2 aliphatic heterocycles. The van der Waals surface area contributed by atoms with Crippen molar-refractivity contribution in [1.29, 1.82) is 0 Å². The lowest BCUT2D eigenvalue weighted by atomic mass is 10.2. The zero-order valence-corrected chi connectivity index (χ0v) is 19.4. The summed E-state index contributed by atoms with van der Waals surface area (Å²) in [7, 11) is -3.39. The van der Waals surface area contributed by atoms with Gasteiger partial charge in [-0.3, -0.25) is 9.59 Å². The number of carbonyl (C=O) groups is 3. The number of halogens is 1. The fourth-order valence-corrected chi connectivity index (χ4v) is 5.46. The number of amides is 3. The van der Waals surface area contributed by atoms with Gasteiger partial charge < -0.3 is 19.9 Å². The highest BCUT2D eigenvalue weighted by Gasteiger charge is 2.35. The second kappa shape index (κ2) is 9.02. The average molecular weight is 496 g/mol. The highest BCUT2D eigenvalue weighted by atomic mass is 35.5. The van der Waals surface area contributed by atoms with Crippen molar-refractivity contribution in [1.82, 2.24) is 19.6 Å². The van der Waals surface area contributed by atoms with E-state index >= 15 is 0 Å². The fourth-order valence-electron chi connectivity index (χ4n) is 3.78. The number of rotatable bonds is 3. The highest BCUT2D eigenvalue weighted by Crippen LogP contribution is 2.33. The summed E-state index contributed by atoms with van der Waals surface area (Å²) in [6, 6.07) is 6.68. The van der Waals surface area contributed by atoms with E-state index in [1.807, 2.05) is 0 Å². The van der Waals surface area contributed by atoms with Gasteiger partial charge in [-0.15, -0.1) is 0 Å². The van der Waals surface area contributed by atoms with Crippen LogP contribution >= 0.6 is 11.6 Å². The zero-order valence-electron chi connectivity index (χ0n) is 17.8. The Hall–Kier alpha value is -3.12. The van der Waals surface area contributed by atoms with E-state index in [0.29, 0.717) is 22.0 Å². The Labute approximate surface area is 195 Å². The van der Waals surface area contributed by atoms with Crippen LogP contribution in [-0.2, 0) is 35.7 Å². The van der Waals surface area contributed by atoms with E-state index in [1.54, 1.807) is 31.2 Å². The second-order valence-electron chi connectivity index (χ2n) is 7.63. The molecule has 0 aliphatic carbocycles. The van der Waals surface area contributed by atoms with Gasteiger partial charge in [-0.1, -0.05) is 17.7 Å². The number of carbonyl (C=O) groups excluding carboxylic acids is 3. The van der Waals surface area contributed by atoms with Crippen molar-refractivity contribution in [3.05, 3.63) is 40.5 Å². The number of hydrogen-bond acceptors (Lipinski definition) is 7. The molecule has 1 fully saturated rings. The molecular formula is C20H22ClN5O6S. The standard InChI is InChI=1S/C20H22ClN5O6S/c1-2-32-20(29)25-8-6-24(7-9-25)19(28)18(27)22-17-15-11-33(30,31)12-16(15)23-26(17)14-5-3-4-13(21)10-14/h3-5,10H,2,6-9,11-12H2,1H3,(H,22,27). The van der Waals surface area contributed by atoms with Crippen LogP contribution in [0.25, 0.3) is 5.69 Å². The monoisotopic (exact) mass is 495 g/mol. The van der Waals surface area contributed by atoms with Gasteiger partial charge in [0.05, 0.1) is 29.5 Å². The molecule has 3 heterocycles. The fraction of sp³-hybridized carbons (Fsp3) is 0.400. The van der Waals surface area contributed by atoms with Crippen LogP contribution in [0.3, 0.4) is 0 Å². The van der Waals surface area contributed by atoms with Crippen molar-refractivity contribution in [2.75, 3.05) is 38.1 Å². The lowest BCUT2D eigenvalue weighted by Crippen LogP contribution is -2.53. The molecular weight excluding hydrogens is 474 g/mol. The third-order valence-electron chi connectivity index (χ3n) is 5.36. The van der Waals surface area contributed by atoms with Crippen LogP contribution in [0.4, 0.5) is 10.6 Å². The van der Waals surface area contributed by atoms with Gasteiger partial charge in [-0.2, -0.15) is 5.10 Å². The number of piperazine rings is 1. The Bertz CT molecular complexity index is 1220. The summed E-state index contributed by atoms with van der Waals surface area (Å²) >= 11 is 6.08. The van der Waals surface area contributed by atoms with Crippen LogP contribution in [0.1, 0.15) is 18.2 Å². The molecule has 33 heavy (non-hydrogen) atoms. The smallest absolute Gasteiger partial charge is 0.409 e. The SMILES string of the molecule is CCOC(=O)N1CCN(C(=O)C(=O)Nc2c3c(nn2-c2cccc(Cl)c2)CS(=O)(=O)C3)CC1. The predicted molar refractivity (Wildman–Crippen MR) is 119 cm³/mol. The summed E-state index contributed by atoms with van der Waals surface area (Å²) in [5, 5.41) is 7.34. The molecule has 0 unspecified atom stereocenters. The molecule has 1 saturated heterocycles. The van der Waals surface area contributed by atoms with E-state index in [9.17, 15) is 22.8 Å². The molecule has 11 nitrogen and oxygen atoms in total. The number of benzene rings is 1. The maximum atomic E-state index is 12.8. The predicted octanol–water partition coefficient (Wildman–Crippen LogP) is 1.19. The van der Waals surface area contributed by atoms with Crippen LogP contribution in [0, 0.1) is 0 Å². The third kappa shape index (κ3) is 4.81. The maximum Gasteiger partial charge on any atom is 0.409 e. The number of sulfone groups is 1. The molecule has 176 valence electrons. The van der Waals surface area contributed by atoms with E-state index in [0.717, 1.165) is 0 Å². The molecule has 0 bridgehead atoms. The van der Waals surface area contributed by atoms with Gasteiger partial charge in [-0.25, -0.2) is 17.9 Å². The first-order valence-electron chi connectivity index (χ1n) is 10.3. The first-order valence-corrected chi connectivity index (χ1v) is 12.5. The number of fused-ring (bicyclic) bond motifs is 1. The molecule has 0 spiro atoms. The van der Waals surface area contributed by atoms with Crippen molar-refractivity contribution in [2.45, 2.75) is 18.4 Å². The number of nitrogens with one attached hydrogen (secondary N) is 1. The van der Waals surface area contributed by atoms with E-state index in [1.165, 1.54) is 14.5 Å². The summed E-state index contributed by atoms with van der Waals surface area (Å²) < 4.78 is 30.5. The van der Waals surface area contributed by atoms with Crippen LogP contribution in [0.5, 0.6) is 0 Å². The first-order chi connectivity index (χ1) is 15.7. The van der Waals surface area contributed by atoms with E-state index in [-0.39, 0.29) is 50.1 Å². The minimum Gasteiger partial charge on any atom is -0.450 e. The topological polar surface area (TPSA) is 131 Å². The Balaban J connectivity index is 1.53. The number of hydrogen-bond donors (Lipinski definition) is 1. The van der Waals surface area contributed by atoms with Gasteiger partial charge in [0, 0.05) is 36.8 Å². The number of ether oxygens (including phenoxy) is 1. The van der Waals surface area contributed by atoms with Crippen LogP contribution < -0.4 is 5.32 Å². The van der Waals surface area contributed by atoms with Crippen molar-refractivity contribution < 1.29 is 27.5 Å². The summed E-state index contributed by atoms with van der Waals surface area (Å²) in [6.45, 7) is 2.78. The van der Waals surface area contributed by atoms with Crippen molar-refractivity contribution in [2.24, 2.45) is 0 Å². The molecule has 2 aromatic rings. The first kappa shape index (κ1) is 23.1. The highest BCUT2D eigenvalue weighted by molar-refractivity contribution is 7.90. The molecule has 1 aromatic carbocycles. The van der Waals surface area contributed by atoms with Gasteiger partial charge in [0.15, 0.2) is 9.84 Å². The second-order valence-corrected chi connectivity index (χ2v) is 10.1. The van der Waals surface area contributed by atoms with Gasteiger partial charge >= 0.3 is 17.9 Å². The largest absolute Gasteiger partial charge is 0.450 e. The lowest BCUT2D eigenvalue weighted by molar-refractivity contribution is -0.144. The lowest BCUT2D eigenvalue weighted by Gasteiger charge is -2.33. The molecule has 0 radical (unpaired) electrons. The van der Waals surface area contributed by atoms with Gasteiger partial charge in [-0.05, 0) is 25.1 Å². The quantitative estimate of drug-likeness (QED) is 0.633. The van der Waals surface area contributed by atoms with Crippen LogP contribution in [0.2, 0.25) is 5.02 Å². The van der Waals surface area contributed by atoms with E-state index in [4.69, 9.17) is 16.3 Å². The Kier molecular flexibility index (Phi) is 6.30. The van der Waals surface area contributed by atoms with E-state index < -0.39 is 27.7 Å². The molecule has 1 aromatic heterocycles. The van der Waals surface area contributed by atoms with E-state index in [2.05, 4.69) is 10.4 Å². The van der Waals surface area contributed by atoms with Crippen molar-refractivity contribution >= 4 is 45.2 Å². The van der Waals surface area contributed by atoms with Gasteiger partial charge in [0.1, 0.15) is 5.82 Å². The average Bonchev–Trinajstić information content (AvgIpc) is 3.25. The molecule has 3 amide bonds. The van der Waals surface area contributed by atoms with Crippen LogP contribution in [0.15, 0.2) is 24.3 Å². The number of nitrogens with zero attached hydrogens (tertiary/aromatic N) is 4. The number of anilines is 1. The van der Waals surface area contributed by atoms with Crippen molar-refractivity contribution in [3.63, 3.8) is 0 Å². The minimum absolute atomic E-state index is 0.122. The summed E-state index contributed by atoms with van der Waals surface area (Å²) in [5.74, 6) is -2.12. The third-order valence-corrected chi connectivity index (χ3v) is 7.04. The van der Waals surface area contributed by atoms with Gasteiger partial charge in [0.25, 0.3) is 0 Å². The Morgan fingerprint density at radius 3 is 2.48 bits per heavy atom. The summed E-state index contributed by atoms with van der Waals surface area (Å²) in [5.41, 5.74) is 1.18. The van der Waals surface area contributed by atoms with Crippen LogP contribution in [-0.4, -0.2) is 78.7 Å². The zero-order chi connectivity index (χ0) is 23.8. The van der Waals surface area contributed by atoms with Gasteiger partial charge in [0.2, 0.25) is 0 Å². The summed E-state index contributed by atoms with van der Waals surface area (Å²) in [6.07, 6.45) is -0.462. The molecule has 13 heteroatoms. The molecule has 0 atom stereocenters. The Morgan fingerprint density at radius 1 is 1.12 bits per heavy atom. The molecule has 4 rings (SSSR count). The van der Waals surface area contributed by atoms with Crippen molar-refractivity contribution in [3.8, 4) is 5.69 Å². The Morgan fingerprint density at radius 2 is 1.82 bits per heavy atom. The molecule has 0 saturated carbocycles. The summed E-state index contributed by atoms with van der Waals surface area (Å²) in [4.78, 5) is 40.2. The molecule has 2 aliphatic rings. The molecule has 1 N–H and O–H groups in total. The minimum atomic E-state index is -3.39.